The Balaban J connectivity index is 2.26. The van der Waals surface area contributed by atoms with Crippen LogP contribution in [-0.2, 0) is 0 Å². The normalized spacial score (nSPS) is 21.7. The molecule has 94 valence electrons. The molecule has 1 atom stereocenters. The van der Waals surface area contributed by atoms with Gasteiger partial charge in [-0.25, -0.2) is 0 Å². The summed E-state index contributed by atoms with van der Waals surface area (Å²) < 4.78 is 0. The lowest BCUT2D eigenvalue weighted by atomic mass is 10.2. The molecule has 0 amide bonds. The Hall–Kier alpha value is -0.340. The Labute approximate surface area is 101 Å². The Morgan fingerprint density at radius 3 is 2.81 bits per heavy atom. The van der Waals surface area contributed by atoms with Crippen molar-refractivity contribution in [1.82, 2.24) is 10.2 Å². The fraction of sp³-hybridized carbons (Fsp3) is 0.857. The van der Waals surface area contributed by atoms with E-state index < -0.39 is 0 Å². The Morgan fingerprint density at radius 2 is 2.19 bits per heavy atom. The van der Waals surface area contributed by atoms with Gasteiger partial charge in [-0.2, -0.15) is 0 Å². The molecule has 1 aliphatic heterocycles. The highest BCUT2D eigenvalue weighted by Gasteiger charge is 2.22. The summed E-state index contributed by atoms with van der Waals surface area (Å²) in [7, 11) is 0. The van der Waals surface area contributed by atoms with Gasteiger partial charge in [-0.05, 0) is 45.7 Å². The minimum absolute atomic E-state index is 0.757. The van der Waals surface area contributed by atoms with E-state index in [1.165, 1.54) is 25.0 Å². The van der Waals surface area contributed by atoms with Crippen LogP contribution in [-0.4, -0.2) is 37.1 Å². The number of nitrogens with one attached hydrogen (secondary N) is 1. The van der Waals surface area contributed by atoms with E-state index in [2.05, 4.69) is 44.0 Å². The molecule has 16 heavy (non-hydrogen) atoms. The number of likely N-dealkylation sites (tertiary alicyclic amines) is 1. The predicted molar refractivity (Wildman–Crippen MR) is 71.7 cm³/mol. The van der Waals surface area contributed by atoms with Gasteiger partial charge in [0.25, 0.3) is 0 Å². The first-order valence-corrected chi connectivity index (χ1v) is 6.67. The van der Waals surface area contributed by atoms with Crippen molar-refractivity contribution in [3.8, 4) is 0 Å². The van der Waals surface area contributed by atoms with Crippen LogP contribution in [0.4, 0.5) is 0 Å². The molecule has 2 nitrogen and oxygen atoms in total. The minimum atomic E-state index is 0.757. The number of nitrogens with zero attached hydrogens (tertiary/aromatic N) is 1. The molecule has 0 aromatic heterocycles. The Morgan fingerprint density at radius 1 is 1.44 bits per heavy atom. The van der Waals surface area contributed by atoms with Crippen LogP contribution in [0.3, 0.4) is 0 Å². The van der Waals surface area contributed by atoms with E-state index in [1.54, 1.807) is 0 Å². The quantitative estimate of drug-likeness (QED) is 0.698. The van der Waals surface area contributed by atoms with Crippen molar-refractivity contribution in [3.05, 3.63) is 11.6 Å². The van der Waals surface area contributed by atoms with Crippen molar-refractivity contribution in [2.75, 3.05) is 26.2 Å². The van der Waals surface area contributed by atoms with Crippen molar-refractivity contribution < 1.29 is 0 Å². The highest BCUT2D eigenvalue weighted by Crippen LogP contribution is 2.16. The summed E-state index contributed by atoms with van der Waals surface area (Å²) in [5.41, 5.74) is 1.43. The largest absolute Gasteiger partial charge is 0.315 e. The van der Waals surface area contributed by atoms with E-state index in [1.807, 2.05) is 0 Å². The fourth-order valence-electron chi connectivity index (χ4n) is 2.21. The first kappa shape index (κ1) is 13.7. The van der Waals surface area contributed by atoms with E-state index in [-0.39, 0.29) is 0 Å². The molecule has 0 aromatic carbocycles. The monoisotopic (exact) mass is 224 g/mol. The molecule has 0 aliphatic carbocycles. The SMILES string of the molecule is CC(C)=CCN1CCCC1CNCC(C)C. The molecular formula is C14H28N2. The van der Waals surface area contributed by atoms with Crippen molar-refractivity contribution in [3.63, 3.8) is 0 Å². The lowest BCUT2D eigenvalue weighted by molar-refractivity contribution is 0.270. The number of hydrogen-bond donors (Lipinski definition) is 1. The lowest BCUT2D eigenvalue weighted by Crippen LogP contribution is -2.39. The van der Waals surface area contributed by atoms with Gasteiger partial charge in [0.1, 0.15) is 0 Å². The summed E-state index contributed by atoms with van der Waals surface area (Å²) in [6.45, 7) is 13.6. The van der Waals surface area contributed by atoms with Gasteiger partial charge in [0.2, 0.25) is 0 Å². The molecule has 0 saturated carbocycles. The molecule has 1 fully saturated rings. The molecule has 1 unspecified atom stereocenters. The van der Waals surface area contributed by atoms with Crippen LogP contribution in [0.2, 0.25) is 0 Å². The third-order valence-corrected chi connectivity index (χ3v) is 3.17. The maximum absolute atomic E-state index is 3.58. The average molecular weight is 224 g/mol. The molecular weight excluding hydrogens is 196 g/mol. The van der Waals surface area contributed by atoms with Crippen molar-refractivity contribution in [2.24, 2.45) is 5.92 Å². The van der Waals surface area contributed by atoms with E-state index in [9.17, 15) is 0 Å². The molecule has 0 bridgehead atoms. The molecule has 0 spiro atoms. The van der Waals surface area contributed by atoms with Gasteiger partial charge in [0, 0.05) is 19.1 Å². The van der Waals surface area contributed by atoms with Crippen molar-refractivity contribution >= 4 is 0 Å². The van der Waals surface area contributed by atoms with Crippen LogP contribution >= 0.6 is 0 Å². The third kappa shape index (κ3) is 5.13. The topological polar surface area (TPSA) is 15.3 Å². The van der Waals surface area contributed by atoms with Crippen LogP contribution in [0.5, 0.6) is 0 Å². The predicted octanol–water partition coefficient (Wildman–Crippen LogP) is 2.66. The Kier molecular flexibility index (Phi) is 6.07. The van der Waals surface area contributed by atoms with Crippen molar-refractivity contribution in [1.29, 1.82) is 0 Å². The maximum Gasteiger partial charge on any atom is 0.0224 e. The average Bonchev–Trinajstić information content (AvgIpc) is 2.62. The van der Waals surface area contributed by atoms with E-state index >= 15 is 0 Å². The Bertz CT molecular complexity index is 217. The van der Waals surface area contributed by atoms with Gasteiger partial charge in [-0.15, -0.1) is 0 Å². The van der Waals surface area contributed by atoms with Gasteiger partial charge in [-0.1, -0.05) is 25.5 Å². The molecule has 0 radical (unpaired) electrons. The fourth-order valence-corrected chi connectivity index (χ4v) is 2.21. The molecule has 1 rings (SSSR count). The summed E-state index contributed by atoms with van der Waals surface area (Å²) in [5.74, 6) is 0.757. The number of hydrogen-bond acceptors (Lipinski definition) is 2. The molecule has 1 heterocycles. The second kappa shape index (κ2) is 7.08. The van der Waals surface area contributed by atoms with Gasteiger partial charge in [-0.3, -0.25) is 4.90 Å². The minimum Gasteiger partial charge on any atom is -0.315 e. The zero-order chi connectivity index (χ0) is 12.0. The van der Waals surface area contributed by atoms with Crippen LogP contribution in [0.15, 0.2) is 11.6 Å². The van der Waals surface area contributed by atoms with Crippen LogP contribution in [0, 0.1) is 5.92 Å². The van der Waals surface area contributed by atoms with Gasteiger partial charge < -0.3 is 5.32 Å². The molecule has 1 saturated heterocycles. The standard InChI is InChI=1S/C14H28N2/c1-12(2)7-9-16-8-5-6-14(16)11-15-10-13(3)4/h7,13-15H,5-6,8-11H2,1-4H3. The smallest absolute Gasteiger partial charge is 0.0224 e. The second-order valence-electron chi connectivity index (χ2n) is 5.62. The first-order chi connectivity index (χ1) is 7.59. The lowest BCUT2D eigenvalue weighted by Gasteiger charge is -2.24. The zero-order valence-electron chi connectivity index (χ0n) is 11.4. The number of rotatable bonds is 6. The van der Waals surface area contributed by atoms with E-state index in [0.717, 1.165) is 31.6 Å². The summed E-state index contributed by atoms with van der Waals surface area (Å²) in [4.78, 5) is 2.61. The summed E-state index contributed by atoms with van der Waals surface area (Å²) >= 11 is 0. The summed E-state index contributed by atoms with van der Waals surface area (Å²) in [5, 5.41) is 3.58. The zero-order valence-corrected chi connectivity index (χ0v) is 11.4. The molecule has 2 heteroatoms. The molecule has 1 N–H and O–H groups in total. The summed E-state index contributed by atoms with van der Waals surface area (Å²) in [6.07, 6.45) is 5.08. The van der Waals surface area contributed by atoms with E-state index in [4.69, 9.17) is 0 Å². The highest BCUT2D eigenvalue weighted by molar-refractivity contribution is 4.97. The van der Waals surface area contributed by atoms with Crippen LogP contribution in [0.25, 0.3) is 0 Å². The van der Waals surface area contributed by atoms with Crippen LogP contribution in [0.1, 0.15) is 40.5 Å². The molecule has 0 aromatic rings. The first-order valence-electron chi connectivity index (χ1n) is 6.67. The molecule has 1 aliphatic rings. The van der Waals surface area contributed by atoms with E-state index in [0.29, 0.717) is 0 Å². The number of allylic oxidation sites excluding steroid dienone is 1. The van der Waals surface area contributed by atoms with Gasteiger partial charge >= 0.3 is 0 Å². The van der Waals surface area contributed by atoms with Gasteiger partial charge in [0.15, 0.2) is 0 Å². The third-order valence-electron chi connectivity index (χ3n) is 3.17. The highest BCUT2D eigenvalue weighted by atomic mass is 15.2. The van der Waals surface area contributed by atoms with Crippen molar-refractivity contribution in [2.45, 2.75) is 46.6 Å². The summed E-state index contributed by atoms with van der Waals surface area (Å²) in [6, 6.07) is 0.759. The van der Waals surface area contributed by atoms with Gasteiger partial charge in [0.05, 0.1) is 0 Å². The van der Waals surface area contributed by atoms with Crippen LogP contribution < -0.4 is 5.32 Å². The second-order valence-corrected chi connectivity index (χ2v) is 5.62. The maximum atomic E-state index is 3.58.